The lowest BCUT2D eigenvalue weighted by Gasteiger charge is -2.10. The van der Waals surface area contributed by atoms with Gasteiger partial charge in [-0.05, 0) is 36.8 Å². The largest absolute Gasteiger partial charge is 0.379 e. The van der Waals surface area contributed by atoms with Crippen molar-refractivity contribution in [3.05, 3.63) is 52.3 Å². The van der Waals surface area contributed by atoms with Crippen LogP contribution in [0.15, 0.2) is 36.5 Å². The third-order valence-corrected chi connectivity index (χ3v) is 3.16. The Morgan fingerprint density at radius 2 is 1.89 bits per heavy atom. The fourth-order valence-electron chi connectivity index (χ4n) is 1.92. The molecule has 0 saturated carbocycles. The summed E-state index contributed by atoms with van der Waals surface area (Å²) in [6.07, 6.45) is 3.23. The molecule has 4 heteroatoms. The van der Waals surface area contributed by atoms with Gasteiger partial charge in [0, 0.05) is 34.2 Å². The molecule has 0 saturated heterocycles. The first kappa shape index (κ1) is 13.3. The van der Waals surface area contributed by atoms with Crippen molar-refractivity contribution in [2.75, 3.05) is 5.32 Å². The van der Waals surface area contributed by atoms with Gasteiger partial charge in [0.15, 0.2) is 0 Å². The van der Waals surface area contributed by atoms with Crippen molar-refractivity contribution in [1.82, 2.24) is 4.57 Å². The van der Waals surface area contributed by atoms with Crippen molar-refractivity contribution in [2.24, 2.45) is 0 Å². The first-order valence-electron chi connectivity index (χ1n) is 6.03. The first-order valence-corrected chi connectivity index (χ1v) is 6.78. The number of rotatable bonds is 5. The van der Waals surface area contributed by atoms with Crippen LogP contribution in [-0.2, 0) is 13.1 Å². The van der Waals surface area contributed by atoms with E-state index in [1.807, 2.05) is 12.1 Å². The van der Waals surface area contributed by atoms with E-state index in [1.54, 1.807) is 6.07 Å². The smallest absolute Gasteiger partial charge is 0.0553 e. The Hall–Kier alpha value is -1.12. The fourth-order valence-corrected chi connectivity index (χ4v) is 2.44. The lowest BCUT2D eigenvalue weighted by atomic mass is 10.3. The predicted octanol–water partition coefficient (Wildman–Crippen LogP) is 4.82. The maximum atomic E-state index is 5.96. The zero-order chi connectivity index (χ0) is 13.0. The predicted molar refractivity (Wildman–Crippen MR) is 78.5 cm³/mol. The van der Waals surface area contributed by atoms with Crippen LogP contribution in [0.4, 0.5) is 5.69 Å². The number of hydrogen-bond donors (Lipinski definition) is 1. The summed E-state index contributed by atoms with van der Waals surface area (Å²) in [5.74, 6) is 0. The highest BCUT2D eigenvalue weighted by Crippen LogP contribution is 2.22. The highest BCUT2D eigenvalue weighted by atomic mass is 35.5. The summed E-state index contributed by atoms with van der Waals surface area (Å²) in [4.78, 5) is 0. The summed E-state index contributed by atoms with van der Waals surface area (Å²) in [5.41, 5.74) is 2.20. The minimum Gasteiger partial charge on any atom is -0.379 e. The molecule has 1 aromatic carbocycles. The number of anilines is 1. The lowest BCUT2D eigenvalue weighted by molar-refractivity contribution is 0.654. The molecule has 0 aliphatic carbocycles. The quantitative estimate of drug-likeness (QED) is 0.832. The summed E-state index contributed by atoms with van der Waals surface area (Å²) in [6.45, 7) is 3.98. The lowest BCUT2D eigenvalue weighted by Crippen LogP contribution is -2.06. The van der Waals surface area contributed by atoms with Gasteiger partial charge in [-0.15, -0.1) is 0 Å². The van der Waals surface area contributed by atoms with Crippen LogP contribution < -0.4 is 5.32 Å². The number of nitrogens with zero attached hydrogens (tertiary/aromatic N) is 1. The average Bonchev–Trinajstić information content (AvgIpc) is 2.73. The van der Waals surface area contributed by atoms with Gasteiger partial charge < -0.3 is 9.88 Å². The molecular weight excluding hydrogens is 267 g/mol. The van der Waals surface area contributed by atoms with Gasteiger partial charge in [-0.1, -0.05) is 30.1 Å². The molecule has 96 valence electrons. The molecule has 0 amide bonds. The standard InChI is InChI=1S/C14H16Cl2N2/c1-2-5-18-6-3-4-14(18)10-17-13-8-11(15)7-12(16)9-13/h3-4,6-9,17H,2,5,10H2,1H3. The minimum absolute atomic E-state index is 0.647. The zero-order valence-corrected chi connectivity index (χ0v) is 11.8. The second-order valence-corrected chi connectivity index (χ2v) is 5.08. The Morgan fingerprint density at radius 1 is 1.17 bits per heavy atom. The summed E-state index contributed by atoms with van der Waals surface area (Å²) in [6, 6.07) is 9.67. The summed E-state index contributed by atoms with van der Waals surface area (Å²) in [5, 5.41) is 4.63. The number of halogens is 2. The van der Waals surface area contributed by atoms with Gasteiger partial charge >= 0.3 is 0 Å². The van der Waals surface area contributed by atoms with Crippen molar-refractivity contribution >= 4 is 28.9 Å². The highest BCUT2D eigenvalue weighted by molar-refractivity contribution is 6.35. The van der Waals surface area contributed by atoms with E-state index in [4.69, 9.17) is 23.2 Å². The molecule has 0 atom stereocenters. The Bertz CT molecular complexity index is 500. The van der Waals surface area contributed by atoms with Crippen LogP contribution >= 0.6 is 23.2 Å². The monoisotopic (exact) mass is 282 g/mol. The second-order valence-electron chi connectivity index (χ2n) is 4.20. The van der Waals surface area contributed by atoms with Crippen molar-refractivity contribution in [3.8, 4) is 0 Å². The molecule has 18 heavy (non-hydrogen) atoms. The van der Waals surface area contributed by atoms with Crippen molar-refractivity contribution in [2.45, 2.75) is 26.4 Å². The fraction of sp³-hybridized carbons (Fsp3) is 0.286. The number of benzene rings is 1. The van der Waals surface area contributed by atoms with E-state index in [2.05, 4.69) is 35.1 Å². The van der Waals surface area contributed by atoms with Gasteiger partial charge in [0.25, 0.3) is 0 Å². The van der Waals surface area contributed by atoms with E-state index in [0.29, 0.717) is 10.0 Å². The van der Waals surface area contributed by atoms with Crippen LogP contribution in [-0.4, -0.2) is 4.57 Å². The average molecular weight is 283 g/mol. The summed E-state index contributed by atoms with van der Waals surface area (Å²) >= 11 is 11.9. The van der Waals surface area contributed by atoms with E-state index in [1.165, 1.54) is 5.69 Å². The maximum Gasteiger partial charge on any atom is 0.0553 e. The van der Waals surface area contributed by atoms with E-state index >= 15 is 0 Å². The highest BCUT2D eigenvalue weighted by Gasteiger charge is 2.01. The molecule has 1 aromatic heterocycles. The normalized spacial score (nSPS) is 10.6. The third-order valence-electron chi connectivity index (χ3n) is 2.72. The molecule has 0 bridgehead atoms. The van der Waals surface area contributed by atoms with Crippen LogP contribution in [0, 0.1) is 0 Å². The Balaban J connectivity index is 2.04. The van der Waals surface area contributed by atoms with E-state index in [0.717, 1.165) is 25.2 Å². The van der Waals surface area contributed by atoms with Crippen LogP contribution in [0.5, 0.6) is 0 Å². The van der Waals surface area contributed by atoms with E-state index in [-0.39, 0.29) is 0 Å². The number of hydrogen-bond acceptors (Lipinski definition) is 1. The van der Waals surface area contributed by atoms with Gasteiger partial charge in [-0.2, -0.15) is 0 Å². The Labute approximate surface area is 118 Å². The first-order chi connectivity index (χ1) is 8.69. The van der Waals surface area contributed by atoms with Crippen molar-refractivity contribution in [3.63, 3.8) is 0 Å². The van der Waals surface area contributed by atoms with Crippen LogP contribution in [0.3, 0.4) is 0 Å². The molecule has 0 spiro atoms. The summed E-state index contributed by atoms with van der Waals surface area (Å²) in [7, 11) is 0. The van der Waals surface area contributed by atoms with Crippen LogP contribution in [0.2, 0.25) is 10.0 Å². The van der Waals surface area contributed by atoms with Crippen molar-refractivity contribution < 1.29 is 0 Å². The Kier molecular flexibility index (Phi) is 4.56. The molecule has 0 unspecified atom stereocenters. The third kappa shape index (κ3) is 3.44. The topological polar surface area (TPSA) is 17.0 Å². The molecule has 2 nitrogen and oxygen atoms in total. The molecule has 2 rings (SSSR count). The number of aryl methyl sites for hydroxylation is 1. The minimum atomic E-state index is 0.647. The van der Waals surface area contributed by atoms with Crippen LogP contribution in [0.25, 0.3) is 0 Å². The molecule has 1 N–H and O–H groups in total. The van der Waals surface area contributed by atoms with Gasteiger partial charge in [-0.25, -0.2) is 0 Å². The number of nitrogens with one attached hydrogen (secondary N) is 1. The van der Waals surface area contributed by atoms with Gasteiger partial charge in [0.05, 0.1) is 6.54 Å². The van der Waals surface area contributed by atoms with Gasteiger partial charge in [-0.3, -0.25) is 0 Å². The summed E-state index contributed by atoms with van der Waals surface area (Å²) < 4.78 is 2.25. The zero-order valence-electron chi connectivity index (χ0n) is 10.3. The maximum absolute atomic E-state index is 5.96. The molecule has 2 aromatic rings. The number of aromatic nitrogens is 1. The molecule has 0 radical (unpaired) electrons. The molecular formula is C14H16Cl2N2. The van der Waals surface area contributed by atoms with E-state index < -0.39 is 0 Å². The SMILES string of the molecule is CCCn1cccc1CNc1cc(Cl)cc(Cl)c1. The van der Waals surface area contributed by atoms with Gasteiger partial charge in [0.2, 0.25) is 0 Å². The van der Waals surface area contributed by atoms with Crippen LogP contribution in [0.1, 0.15) is 19.0 Å². The Morgan fingerprint density at radius 3 is 2.56 bits per heavy atom. The molecule has 1 heterocycles. The van der Waals surface area contributed by atoms with Crippen molar-refractivity contribution in [1.29, 1.82) is 0 Å². The van der Waals surface area contributed by atoms with E-state index in [9.17, 15) is 0 Å². The molecule has 0 aliphatic heterocycles. The molecule has 0 fully saturated rings. The molecule has 0 aliphatic rings. The second kappa shape index (κ2) is 6.17. The van der Waals surface area contributed by atoms with Gasteiger partial charge in [0.1, 0.15) is 0 Å².